The van der Waals surface area contributed by atoms with E-state index in [1.807, 2.05) is 11.7 Å². The molecular formula is C11H18N2S. The number of hydrogen-bond donors (Lipinski definition) is 1. The summed E-state index contributed by atoms with van der Waals surface area (Å²) in [5, 5.41) is 3.62. The SMILES string of the molecule is CCC1CCC(NCc2cncs2)C1. The average molecular weight is 210 g/mol. The highest BCUT2D eigenvalue weighted by atomic mass is 32.1. The molecule has 1 aliphatic carbocycles. The van der Waals surface area contributed by atoms with E-state index >= 15 is 0 Å². The molecule has 3 heteroatoms. The lowest BCUT2D eigenvalue weighted by atomic mass is 10.1. The summed E-state index contributed by atoms with van der Waals surface area (Å²) < 4.78 is 0. The van der Waals surface area contributed by atoms with Crippen LogP contribution in [0.2, 0.25) is 0 Å². The number of nitrogens with one attached hydrogen (secondary N) is 1. The van der Waals surface area contributed by atoms with E-state index in [4.69, 9.17) is 0 Å². The average Bonchev–Trinajstić information content (AvgIpc) is 2.86. The molecule has 0 aliphatic heterocycles. The number of thiazole rings is 1. The second kappa shape index (κ2) is 4.89. The molecule has 0 saturated heterocycles. The van der Waals surface area contributed by atoms with Crippen LogP contribution < -0.4 is 5.32 Å². The largest absolute Gasteiger partial charge is 0.309 e. The molecule has 2 nitrogen and oxygen atoms in total. The summed E-state index contributed by atoms with van der Waals surface area (Å²) in [6, 6.07) is 0.752. The molecule has 0 amide bonds. The topological polar surface area (TPSA) is 24.9 Å². The molecule has 1 aromatic heterocycles. The zero-order chi connectivity index (χ0) is 9.80. The van der Waals surface area contributed by atoms with E-state index < -0.39 is 0 Å². The Morgan fingerprint density at radius 1 is 1.57 bits per heavy atom. The van der Waals surface area contributed by atoms with Crippen LogP contribution >= 0.6 is 11.3 Å². The van der Waals surface area contributed by atoms with Gasteiger partial charge in [-0.15, -0.1) is 11.3 Å². The van der Waals surface area contributed by atoms with Crippen molar-refractivity contribution in [1.82, 2.24) is 10.3 Å². The van der Waals surface area contributed by atoms with Crippen LogP contribution in [0.4, 0.5) is 0 Å². The van der Waals surface area contributed by atoms with Gasteiger partial charge < -0.3 is 5.32 Å². The van der Waals surface area contributed by atoms with Crippen molar-refractivity contribution in [3.8, 4) is 0 Å². The zero-order valence-electron chi connectivity index (χ0n) is 8.70. The Morgan fingerprint density at radius 2 is 2.50 bits per heavy atom. The fraction of sp³-hybridized carbons (Fsp3) is 0.727. The number of nitrogens with zero attached hydrogens (tertiary/aromatic N) is 1. The third-order valence-corrected chi connectivity index (χ3v) is 3.95. The Bertz CT molecular complexity index is 258. The molecule has 1 aromatic rings. The highest BCUT2D eigenvalue weighted by Crippen LogP contribution is 2.28. The van der Waals surface area contributed by atoms with Gasteiger partial charge in [-0.3, -0.25) is 4.98 Å². The van der Waals surface area contributed by atoms with Gasteiger partial charge in [0.15, 0.2) is 0 Å². The Labute approximate surface area is 89.8 Å². The van der Waals surface area contributed by atoms with Gasteiger partial charge in [0.05, 0.1) is 5.51 Å². The first-order valence-corrected chi connectivity index (χ1v) is 6.37. The maximum absolute atomic E-state index is 4.08. The lowest BCUT2D eigenvalue weighted by Crippen LogP contribution is -2.25. The summed E-state index contributed by atoms with van der Waals surface area (Å²) in [6.45, 7) is 3.31. The van der Waals surface area contributed by atoms with Crippen molar-refractivity contribution in [2.75, 3.05) is 0 Å². The van der Waals surface area contributed by atoms with E-state index in [9.17, 15) is 0 Å². The minimum Gasteiger partial charge on any atom is -0.309 e. The van der Waals surface area contributed by atoms with Gasteiger partial charge in [-0.25, -0.2) is 0 Å². The van der Waals surface area contributed by atoms with E-state index in [1.165, 1.54) is 30.6 Å². The quantitative estimate of drug-likeness (QED) is 0.826. The van der Waals surface area contributed by atoms with Gasteiger partial charge in [0, 0.05) is 23.7 Å². The molecule has 1 saturated carbocycles. The van der Waals surface area contributed by atoms with Gasteiger partial charge in [-0.05, 0) is 25.2 Å². The minimum absolute atomic E-state index is 0.752. The number of aromatic nitrogens is 1. The van der Waals surface area contributed by atoms with Crippen molar-refractivity contribution in [2.45, 2.75) is 45.2 Å². The maximum Gasteiger partial charge on any atom is 0.0794 e. The predicted molar refractivity (Wildman–Crippen MR) is 60.4 cm³/mol. The van der Waals surface area contributed by atoms with Gasteiger partial charge in [-0.1, -0.05) is 13.3 Å². The zero-order valence-corrected chi connectivity index (χ0v) is 9.52. The molecule has 2 unspecified atom stereocenters. The molecule has 2 atom stereocenters. The predicted octanol–water partition coefficient (Wildman–Crippen LogP) is 2.81. The Balaban J connectivity index is 1.72. The smallest absolute Gasteiger partial charge is 0.0794 e. The van der Waals surface area contributed by atoms with Crippen molar-refractivity contribution >= 4 is 11.3 Å². The second-order valence-corrected chi connectivity index (χ2v) is 5.10. The van der Waals surface area contributed by atoms with Crippen LogP contribution in [-0.4, -0.2) is 11.0 Å². The molecule has 0 radical (unpaired) electrons. The molecule has 0 aromatic carbocycles. The van der Waals surface area contributed by atoms with E-state index in [2.05, 4.69) is 17.2 Å². The second-order valence-electron chi connectivity index (χ2n) is 4.13. The monoisotopic (exact) mass is 210 g/mol. The standard InChI is InChI=1S/C11H18N2S/c1-2-9-3-4-10(5-9)13-7-11-6-12-8-14-11/h6,8-10,13H,2-5,7H2,1H3. The van der Waals surface area contributed by atoms with E-state index in [1.54, 1.807) is 11.3 Å². The molecule has 1 aliphatic rings. The first-order valence-electron chi connectivity index (χ1n) is 5.49. The Kier molecular flexibility index (Phi) is 3.54. The van der Waals surface area contributed by atoms with Gasteiger partial charge in [0.1, 0.15) is 0 Å². The molecule has 1 fully saturated rings. The van der Waals surface area contributed by atoms with Crippen LogP contribution in [0, 0.1) is 5.92 Å². The molecule has 0 spiro atoms. The number of hydrogen-bond acceptors (Lipinski definition) is 3. The number of rotatable bonds is 4. The lowest BCUT2D eigenvalue weighted by Gasteiger charge is -2.11. The first kappa shape index (κ1) is 10.1. The van der Waals surface area contributed by atoms with Crippen LogP contribution in [0.3, 0.4) is 0 Å². The molecule has 14 heavy (non-hydrogen) atoms. The first-order chi connectivity index (χ1) is 6.88. The van der Waals surface area contributed by atoms with E-state index in [-0.39, 0.29) is 0 Å². The normalized spacial score (nSPS) is 26.9. The summed E-state index contributed by atoms with van der Waals surface area (Å²) in [7, 11) is 0. The van der Waals surface area contributed by atoms with Crippen LogP contribution in [0.5, 0.6) is 0 Å². The Hall–Kier alpha value is -0.410. The van der Waals surface area contributed by atoms with Crippen molar-refractivity contribution in [3.63, 3.8) is 0 Å². The summed E-state index contributed by atoms with van der Waals surface area (Å²) in [5.74, 6) is 0.967. The van der Waals surface area contributed by atoms with Crippen LogP contribution in [-0.2, 0) is 6.54 Å². The summed E-state index contributed by atoms with van der Waals surface area (Å²) in [4.78, 5) is 5.43. The third kappa shape index (κ3) is 2.55. The van der Waals surface area contributed by atoms with Gasteiger partial charge >= 0.3 is 0 Å². The molecule has 1 N–H and O–H groups in total. The van der Waals surface area contributed by atoms with Crippen molar-refractivity contribution in [2.24, 2.45) is 5.92 Å². The van der Waals surface area contributed by atoms with Crippen LogP contribution in [0.25, 0.3) is 0 Å². The van der Waals surface area contributed by atoms with Gasteiger partial charge in [-0.2, -0.15) is 0 Å². The fourth-order valence-corrected chi connectivity index (χ4v) is 2.75. The van der Waals surface area contributed by atoms with Gasteiger partial charge in [0.25, 0.3) is 0 Å². The molecule has 78 valence electrons. The highest BCUT2D eigenvalue weighted by molar-refractivity contribution is 7.09. The highest BCUT2D eigenvalue weighted by Gasteiger charge is 2.22. The Morgan fingerprint density at radius 3 is 3.14 bits per heavy atom. The maximum atomic E-state index is 4.08. The fourth-order valence-electron chi connectivity index (χ4n) is 2.21. The van der Waals surface area contributed by atoms with Crippen molar-refractivity contribution in [3.05, 3.63) is 16.6 Å². The van der Waals surface area contributed by atoms with Crippen molar-refractivity contribution in [1.29, 1.82) is 0 Å². The lowest BCUT2D eigenvalue weighted by molar-refractivity contribution is 0.478. The molecule has 1 heterocycles. The third-order valence-electron chi connectivity index (χ3n) is 3.17. The van der Waals surface area contributed by atoms with Crippen LogP contribution in [0.15, 0.2) is 11.7 Å². The van der Waals surface area contributed by atoms with E-state index in [0.717, 1.165) is 18.5 Å². The van der Waals surface area contributed by atoms with Crippen molar-refractivity contribution < 1.29 is 0 Å². The minimum atomic E-state index is 0.752. The molecular weight excluding hydrogens is 192 g/mol. The van der Waals surface area contributed by atoms with Gasteiger partial charge in [0.2, 0.25) is 0 Å². The summed E-state index contributed by atoms with van der Waals surface area (Å²) >= 11 is 1.74. The summed E-state index contributed by atoms with van der Waals surface area (Å²) in [5.41, 5.74) is 1.90. The summed E-state index contributed by atoms with van der Waals surface area (Å²) in [6.07, 6.45) is 7.45. The van der Waals surface area contributed by atoms with Crippen LogP contribution in [0.1, 0.15) is 37.5 Å². The molecule has 2 rings (SSSR count). The molecule has 0 bridgehead atoms. The van der Waals surface area contributed by atoms with E-state index in [0.29, 0.717) is 0 Å².